The first kappa shape index (κ1) is 17.8. The number of para-hydroxylation sites is 1. The van der Waals surface area contributed by atoms with Gasteiger partial charge in [0.05, 0.1) is 0 Å². The predicted molar refractivity (Wildman–Crippen MR) is 85.7 cm³/mol. The van der Waals surface area contributed by atoms with Crippen LogP contribution >= 0.6 is 12.4 Å². The van der Waals surface area contributed by atoms with Crippen molar-refractivity contribution < 1.29 is 19.4 Å². The van der Waals surface area contributed by atoms with Crippen molar-refractivity contribution in [1.29, 1.82) is 0 Å². The Bertz CT molecular complexity index is 574. The molecule has 2 aromatic rings. The number of nitrogens with two attached hydrogens (primary N) is 1. The average molecular weight is 324 g/mol. The van der Waals surface area contributed by atoms with E-state index in [1.165, 1.54) is 0 Å². The molecule has 0 radical (unpaired) electrons. The number of aliphatic carboxylic acids is 1. The van der Waals surface area contributed by atoms with E-state index >= 15 is 0 Å². The summed E-state index contributed by atoms with van der Waals surface area (Å²) >= 11 is 0. The van der Waals surface area contributed by atoms with Crippen molar-refractivity contribution in [2.75, 3.05) is 13.2 Å². The molecule has 118 valence electrons. The molecule has 0 unspecified atom stereocenters. The third kappa shape index (κ3) is 5.27. The summed E-state index contributed by atoms with van der Waals surface area (Å²) in [6.45, 7) is 0.833. The lowest BCUT2D eigenvalue weighted by atomic mass is 10.1. The van der Waals surface area contributed by atoms with Crippen molar-refractivity contribution >= 4 is 18.4 Å². The predicted octanol–water partition coefficient (Wildman–Crippen LogP) is 2.65. The fourth-order valence-electron chi connectivity index (χ4n) is 1.75. The van der Waals surface area contributed by atoms with Gasteiger partial charge in [-0.15, -0.1) is 12.4 Å². The molecule has 6 heteroatoms. The summed E-state index contributed by atoms with van der Waals surface area (Å²) in [5, 5.41) is 8.81. The maximum atomic E-state index is 10.8. The van der Waals surface area contributed by atoms with Gasteiger partial charge in [0.1, 0.15) is 30.8 Å². The van der Waals surface area contributed by atoms with Gasteiger partial charge < -0.3 is 20.3 Å². The molecule has 0 spiro atoms. The Hall–Kier alpha value is -2.24. The minimum atomic E-state index is -1.06. The Morgan fingerprint density at radius 1 is 0.955 bits per heavy atom. The van der Waals surface area contributed by atoms with Crippen molar-refractivity contribution in [2.24, 2.45) is 5.73 Å². The van der Waals surface area contributed by atoms with E-state index in [4.69, 9.17) is 20.3 Å². The van der Waals surface area contributed by atoms with E-state index in [0.29, 0.717) is 24.5 Å². The quantitative estimate of drug-likeness (QED) is 0.765. The second kappa shape index (κ2) is 8.92. The molecule has 0 aliphatic carbocycles. The molecule has 2 rings (SSSR count). The minimum absolute atomic E-state index is 0. The normalized spacial score (nSPS) is 11.1. The van der Waals surface area contributed by atoms with Crippen LogP contribution in [-0.2, 0) is 4.79 Å². The number of rotatable bonds is 7. The average Bonchev–Trinajstić information content (AvgIpc) is 2.52. The van der Waals surface area contributed by atoms with E-state index in [1.54, 1.807) is 24.3 Å². The number of carboxylic acid groups (broad SMARTS) is 1. The molecule has 3 N–H and O–H groups in total. The Morgan fingerprint density at radius 3 is 1.95 bits per heavy atom. The smallest absolute Gasteiger partial charge is 0.325 e. The molecule has 22 heavy (non-hydrogen) atoms. The molecule has 0 saturated heterocycles. The van der Waals surface area contributed by atoms with Gasteiger partial charge in [-0.2, -0.15) is 0 Å². The topological polar surface area (TPSA) is 81.8 Å². The Labute approximate surface area is 135 Å². The van der Waals surface area contributed by atoms with Crippen molar-refractivity contribution in [1.82, 2.24) is 0 Å². The highest BCUT2D eigenvalue weighted by Gasteiger charge is 2.13. The SMILES string of the molecule is Cl.N[C@H](C(=O)O)c1ccc(OCCOc2ccccc2)cc1. The van der Waals surface area contributed by atoms with Gasteiger partial charge in [0.2, 0.25) is 0 Å². The number of hydrogen-bond donors (Lipinski definition) is 2. The molecule has 0 aliphatic rings. The summed E-state index contributed by atoms with van der Waals surface area (Å²) in [5.74, 6) is 0.386. The van der Waals surface area contributed by atoms with Gasteiger partial charge in [-0.1, -0.05) is 30.3 Å². The van der Waals surface area contributed by atoms with E-state index in [9.17, 15) is 4.79 Å². The second-order valence-electron chi connectivity index (χ2n) is 4.39. The molecule has 0 saturated carbocycles. The second-order valence-corrected chi connectivity index (χ2v) is 4.39. The Kier molecular flexibility index (Phi) is 7.22. The first-order valence-corrected chi connectivity index (χ1v) is 6.56. The first-order chi connectivity index (χ1) is 10.2. The molecule has 0 heterocycles. The van der Waals surface area contributed by atoms with Crippen molar-refractivity contribution in [2.45, 2.75) is 6.04 Å². The Morgan fingerprint density at radius 2 is 1.45 bits per heavy atom. The van der Waals surface area contributed by atoms with Crippen LogP contribution in [0.5, 0.6) is 11.5 Å². The van der Waals surface area contributed by atoms with Gasteiger partial charge in [0.25, 0.3) is 0 Å². The molecule has 0 bridgehead atoms. The largest absolute Gasteiger partial charge is 0.490 e. The molecule has 0 aliphatic heterocycles. The lowest BCUT2D eigenvalue weighted by Gasteiger charge is -2.10. The van der Waals surface area contributed by atoms with Crippen LogP contribution in [0.2, 0.25) is 0 Å². The maximum Gasteiger partial charge on any atom is 0.325 e. The summed E-state index contributed by atoms with van der Waals surface area (Å²) in [7, 11) is 0. The van der Waals surface area contributed by atoms with Crippen LogP contribution in [0.4, 0.5) is 0 Å². The molecular weight excluding hydrogens is 306 g/mol. The Balaban J connectivity index is 0.00000242. The van der Waals surface area contributed by atoms with Crippen LogP contribution in [0.3, 0.4) is 0 Å². The van der Waals surface area contributed by atoms with Gasteiger partial charge in [0.15, 0.2) is 0 Å². The highest BCUT2D eigenvalue weighted by atomic mass is 35.5. The molecule has 0 amide bonds. The molecule has 0 aromatic heterocycles. The van der Waals surface area contributed by atoms with Crippen molar-refractivity contribution in [3.05, 3.63) is 60.2 Å². The maximum absolute atomic E-state index is 10.8. The van der Waals surface area contributed by atoms with Gasteiger partial charge >= 0.3 is 5.97 Å². The fourth-order valence-corrected chi connectivity index (χ4v) is 1.75. The molecule has 0 fully saturated rings. The third-order valence-corrected chi connectivity index (χ3v) is 2.87. The summed E-state index contributed by atoms with van der Waals surface area (Å²) in [4.78, 5) is 10.8. The number of carboxylic acids is 1. The molecule has 2 aromatic carbocycles. The number of ether oxygens (including phenoxy) is 2. The number of benzene rings is 2. The van der Waals surface area contributed by atoms with Crippen LogP contribution in [0.25, 0.3) is 0 Å². The van der Waals surface area contributed by atoms with Crippen LogP contribution in [0.1, 0.15) is 11.6 Å². The minimum Gasteiger partial charge on any atom is -0.490 e. The van der Waals surface area contributed by atoms with Crippen molar-refractivity contribution in [3.63, 3.8) is 0 Å². The highest BCUT2D eigenvalue weighted by Crippen LogP contribution is 2.16. The van der Waals surface area contributed by atoms with Crippen LogP contribution in [0, 0.1) is 0 Å². The van der Waals surface area contributed by atoms with Gasteiger partial charge in [-0.3, -0.25) is 4.79 Å². The van der Waals surface area contributed by atoms with Crippen LogP contribution < -0.4 is 15.2 Å². The summed E-state index contributed by atoms with van der Waals surface area (Å²) in [5.41, 5.74) is 6.05. The standard InChI is InChI=1S/C16H17NO4.ClH/c17-15(16(18)19)12-6-8-14(9-7-12)21-11-10-20-13-4-2-1-3-5-13;/h1-9,15H,10-11,17H2,(H,18,19);1H/t15-;/m0./s1. The molecule has 1 atom stereocenters. The fraction of sp³-hybridized carbons (Fsp3) is 0.188. The van der Waals surface area contributed by atoms with E-state index in [-0.39, 0.29) is 12.4 Å². The van der Waals surface area contributed by atoms with Crippen LogP contribution in [0.15, 0.2) is 54.6 Å². The van der Waals surface area contributed by atoms with Gasteiger partial charge in [-0.25, -0.2) is 0 Å². The van der Waals surface area contributed by atoms with E-state index in [2.05, 4.69) is 0 Å². The highest BCUT2D eigenvalue weighted by molar-refractivity contribution is 5.85. The van der Waals surface area contributed by atoms with Crippen LogP contribution in [-0.4, -0.2) is 24.3 Å². The number of hydrogen-bond acceptors (Lipinski definition) is 4. The third-order valence-electron chi connectivity index (χ3n) is 2.87. The van der Waals surface area contributed by atoms with Gasteiger partial charge in [0, 0.05) is 0 Å². The lowest BCUT2D eigenvalue weighted by Crippen LogP contribution is -2.20. The lowest BCUT2D eigenvalue weighted by molar-refractivity contribution is -0.138. The van der Waals surface area contributed by atoms with E-state index in [0.717, 1.165) is 5.75 Å². The summed E-state index contributed by atoms with van der Waals surface area (Å²) in [6, 6.07) is 15.2. The first-order valence-electron chi connectivity index (χ1n) is 6.56. The van der Waals surface area contributed by atoms with Gasteiger partial charge in [-0.05, 0) is 29.8 Å². The zero-order valence-corrected chi connectivity index (χ0v) is 12.7. The van der Waals surface area contributed by atoms with E-state index in [1.807, 2.05) is 30.3 Å². The van der Waals surface area contributed by atoms with Crippen molar-refractivity contribution in [3.8, 4) is 11.5 Å². The number of halogens is 1. The summed E-state index contributed by atoms with van der Waals surface area (Å²) in [6.07, 6.45) is 0. The summed E-state index contributed by atoms with van der Waals surface area (Å²) < 4.78 is 11.0. The zero-order chi connectivity index (χ0) is 15.1. The number of carbonyl (C=O) groups is 1. The zero-order valence-electron chi connectivity index (χ0n) is 11.8. The monoisotopic (exact) mass is 323 g/mol. The molecular formula is C16H18ClNO4. The van der Waals surface area contributed by atoms with E-state index < -0.39 is 12.0 Å². The molecule has 5 nitrogen and oxygen atoms in total.